The van der Waals surface area contributed by atoms with E-state index >= 15 is 0 Å². The van der Waals surface area contributed by atoms with Crippen LogP contribution in [0.3, 0.4) is 0 Å². The lowest BCUT2D eigenvalue weighted by Crippen LogP contribution is -2.45. The van der Waals surface area contributed by atoms with Crippen molar-refractivity contribution in [2.75, 3.05) is 0 Å². The molecule has 1 rings (SSSR count). The molecule has 1 aromatic carbocycles. The van der Waals surface area contributed by atoms with E-state index in [2.05, 4.69) is 4.72 Å². The normalized spacial score (nSPS) is 12.1. The molecule has 0 aliphatic carbocycles. The third-order valence-electron chi connectivity index (χ3n) is 3.40. The van der Waals surface area contributed by atoms with Crippen LogP contribution in [-0.4, -0.2) is 14.0 Å². The molecule has 0 bridgehead atoms. The van der Waals surface area contributed by atoms with Crippen molar-refractivity contribution < 1.29 is 8.42 Å². The van der Waals surface area contributed by atoms with Crippen LogP contribution in [0, 0.1) is 11.3 Å². The lowest BCUT2D eigenvalue weighted by Gasteiger charge is -2.27. The van der Waals surface area contributed by atoms with E-state index in [-0.39, 0.29) is 5.75 Å². The molecule has 0 aromatic heterocycles. The lowest BCUT2D eigenvalue weighted by molar-refractivity contribution is 0.388. The van der Waals surface area contributed by atoms with Gasteiger partial charge in [0.2, 0.25) is 10.0 Å². The number of sulfonamides is 1. The Morgan fingerprint density at radius 2 is 1.74 bits per heavy atom. The molecule has 19 heavy (non-hydrogen) atoms. The minimum absolute atomic E-state index is 0.0612. The Hall–Kier alpha value is -1.38. The summed E-state index contributed by atoms with van der Waals surface area (Å²) in [6, 6.07) is 8.61. The molecular weight excluding hydrogens is 260 g/mol. The van der Waals surface area contributed by atoms with E-state index in [1.807, 2.05) is 26.8 Å². The molecule has 4 nitrogen and oxygen atoms in total. The highest BCUT2D eigenvalue weighted by Gasteiger charge is 2.26. The Labute approximate surface area is 115 Å². The highest BCUT2D eigenvalue weighted by molar-refractivity contribution is 7.88. The summed E-state index contributed by atoms with van der Waals surface area (Å²) in [5.74, 6) is -0.0612. The molecule has 1 aromatic rings. The van der Waals surface area contributed by atoms with E-state index in [0.717, 1.165) is 12.8 Å². The van der Waals surface area contributed by atoms with E-state index in [1.165, 1.54) is 0 Å². The maximum atomic E-state index is 12.1. The van der Waals surface area contributed by atoms with E-state index < -0.39 is 15.6 Å². The number of nitrogens with one attached hydrogen (secondary N) is 1. The second-order valence-electron chi connectivity index (χ2n) is 4.94. The van der Waals surface area contributed by atoms with Gasteiger partial charge in [-0.05, 0) is 37.5 Å². The Morgan fingerprint density at radius 1 is 1.21 bits per heavy atom. The minimum atomic E-state index is -3.37. The van der Waals surface area contributed by atoms with Gasteiger partial charge in [0.05, 0.1) is 17.4 Å². The molecule has 104 valence electrons. The lowest BCUT2D eigenvalue weighted by atomic mass is 9.98. The number of benzene rings is 1. The van der Waals surface area contributed by atoms with Crippen molar-refractivity contribution in [3.63, 3.8) is 0 Å². The smallest absolute Gasteiger partial charge is 0.212 e. The van der Waals surface area contributed by atoms with Crippen LogP contribution in [-0.2, 0) is 15.8 Å². The quantitative estimate of drug-likeness (QED) is 0.870. The Kier molecular flexibility index (Phi) is 5.10. The zero-order valence-electron chi connectivity index (χ0n) is 11.6. The Balaban J connectivity index is 2.82. The van der Waals surface area contributed by atoms with E-state index in [4.69, 9.17) is 5.26 Å². The van der Waals surface area contributed by atoms with Gasteiger partial charge < -0.3 is 0 Å². The summed E-state index contributed by atoms with van der Waals surface area (Å²) in [7, 11) is -3.37. The van der Waals surface area contributed by atoms with Crippen molar-refractivity contribution in [2.45, 2.75) is 44.9 Å². The molecule has 0 aliphatic heterocycles. The summed E-state index contributed by atoms with van der Waals surface area (Å²) in [6.45, 7) is 5.84. The van der Waals surface area contributed by atoms with Crippen molar-refractivity contribution in [1.29, 1.82) is 5.26 Å². The second kappa shape index (κ2) is 6.18. The first-order valence-electron chi connectivity index (χ1n) is 6.35. The highest BCUT2D eigenvalue weighted by atomic mass is 32.2. The molecular formula is C14H20N2O2S. The minimum Gasteiger partial charge on any atom is -0.212 e. The van der Waals surface area contributed by atoms with Crippen LogP contribution in [0.2, 0.25) is 0 Å². The molecule has 0 unspecified atom stereocenters. The molecule has 0 radical (unpaired) electrons. The summed E-state index contributed by atoms with van der Waals surface area (Å²) in [5, 5.41) is 8.70. The van der Waals surface area contributed by atoms with Gasteiger partial charge in [0.15, 0.2) is 0 Å². The van der Waals surface area contributed by atoms with Gasteiger partial charge >= 0.3 is 0 Å². The zero-order chi connectivity index (χ0) is 14.5. The summed E-state index contributed by atoms with van der Waals surface area (Å²) in [6.07, 6.45) is 1.49. The van der Waals surface area contributed by atoms with Gasteiger partial charge in [-0.3, -0.25) is 0 Å². The SMILES string of the molecule is CCC(C)(CC)NS(=O)(=O)Cc1ccc(C#N)cc1. The van der Waals surface area contributed by atoms with E-state index in [0.29, 0.717) is 11.1 Å². The van der Waals surface area contributed by atoms with Crippen LogP contribution < -0.4 is 4.72 Å². The van der Waals surface area contributed by atoms with Crippen molar-refractivity contribution in [3.05, 3.63) is 35.4 Å². The number of nitriles is 1. The predicted octanol–water partition coefficient (Wildman–Crippen LogP) is 2.56. The van der Waals surface area contributed by atoms with Crippen molar-refractivity contribution in [3.8, 4) is 6.07 Å². The predicted molar refractivity (Wildman–Crippen MR) is 75.9 cm³/mol. The fourth-order valence-corrected chi connectivity index (χ4v) is 3.44. The maximum absolute atomic E-state index is 12.1. The fourth-order valence-electron chi connectivity index (χ4n) is 1.70. The standard InChI is InChI=1S/C14H20N2O2S/c1-4-14(3,5-2)16-19(17,18)11-13-8-6-12(10-15)7-9-13/h6-9,16H,4-5,11H2,1-3H3. The van der Waals surface area contributed by atoms with Gasteiger partial charge in [-0.2, -0.15) is 5.26 Å². The molecule has 0 saturated carbocycles. The fraction of sp³-hybridized carbons (Fsp3) is 0.500. The first-order valence-corrected chi connectivity index (χ1v) is 8.00. The molecule has 0 aliphatic rings. The molecule has 5 heteroatoms. The van der Waals surface area contributed by atoms with Crippen LogP contribution in [0.5, 0.6) is 0 Å². The third kappa shape index (κ3) is 4.66. The number of hydrogen-bond acceptors (Lipinski definition) is 3. The average molecular weight is 280 g/mol. The number of nitrogens with zero attached hydrogens (tertiary/aromatic N) is 1. The van der Waals surface area contributed by atoms with Gasteiger partial charge in [0.25, 0.3) is 0 Å². The van der Waals surface area contributed by atoms with Crippen molar-refractivity contribution >= 4 is 10.0 Å². The summed E-state index contributed by atoms with van der Waals surface area (Å²) >= 11 is 0. The second-order valence-corrected chi connectivity index (χ2v) is 6.66. The summed E-state index contributed by atoms with van der Waals surface area (Å²) in [4.78, 5) is 0. The van der Waals surface area contributed by atoms with Crippen molar-refractivity contribution in [1.82, 2.24) is 4.72 Å². The topological polar surface area (TPSA) is 70.0 Å². The first-order chi connectivity index (χ1) is 8.84. The first kappa shape index (κ1) is 15.7. The number of rotatable bonds is 6. The van der Waals surface area contributed by atoms with Gasteiger partial charge in [0.1, 0.15) is 0 Å². The molecule has 1 N–H and O–H groups in total. The molecule has 0 saturated heterocycles. The summed E-state index contributed by atoms with van der Waals surface area (Å²) in [5.41, 5.74) is 0.813. The summed E-state index contributed by atoms with van der Waals surface area (Å²) < 4.78 is 27.0. The maximum Gasteiger partial charge on any atom is 0.216 e. The third-order valence-corrected chi connectivity index (χ3v) is 4.92. The monoisotopic (exact) mass is 280 g/mol. The van der Waals surface area contributed by atoms with E-state index in [1.54, 1.807) is 24.3 Å². The zero-order valence-corrected chi connectivity index (χ0v) is 12.4. The molecule has 0 amide bonds. The molecule has 0 fully saturated rings. The molecule has 0 atom stereocenters. The van der Waals surface area contributed by atoms with Gasteiger partial charge in [0, 0.05) is 5.54 Å². The average Bonchev–Trinajstić information content (AvgIpc) is 2.38. The van der Waals surface area contributed by atoms with Crippen LogP contribution >= 0.6 is 0 Å². The number of hydrogen-bond donors (Lipinski definition) is 1. The highest BCUT2D eigenvalue weighted by Crippen LogP contribution is 2.17. The van der Waals surface area contributed by atoms with Crippen LogP contribution in [0.1, 0.15) is 44.7 Å². The van der Waals surface area contributed by atoms with Crippen molar-refractivity contribution in [2.24, 2.45) is 0 Å². The molecule has 0 heterocycles. The van der Waals surface area contributed by atoms with Gasteiger partial charge in [-0.15, -0.1) is 0 Å². The van der Waals surface area contributed by atoms with E-state index in [9.17, 15) is 8.42 Å². The van der Waals surface area contributed by atoms with Crippen LogP contribution in [0.15, 0.2) is 24.3 Å². The Bertz CT molecular complexity index is 552. The van der Waals surface area contributed by atoms with Gasteiger partial charge in [-0.25, -0.2) is 13.1 Å². The Morgan fingerprint density at radius 3 is 2.16 bits per heavy atom. The van der Waals surface area contributed by atoms with Crippen LogP contribution in [0.25, 0.3) is 0 Å². The van der Waals surface area contributed by atoms with Crippen LogP contribution in [0.4, 0.5) is 0 Å². The van der Waals surface area contributed by atoms with Gasteiger partial charge in [-0.1, -0.05) is 26.0 Å². The largest absolute Gasteiger partial charge is 0.216 e. The molecule has 0 spiro atoms.